The lowest BCUT2D eigenvalue weighted by Crippen LogP contribution is -2.48. The summed E-state index contributed by atoms with van der Waals surface area (Å²) >= 11 is 0. The van der Waals surface area contributed by atoms with E-state index in [1.165, 1.54) is 0 Å². The molecule has 1 unspecified atom stereocenters. The largest absolute Gasteiger partial charge is 0.391 e. The van der Waals surface area contributed by atoms with Crippen molar-refractivity contribution in [2.45, 2.75) is 31.2 Å². The van der Waals surface area contributed by atoms with E-state index in [1.807, 2.05) is 0 Å². The van der Waals surface area contributed by atoms with Crippen molar-refractivity contribution in [3.05, 3.63) is 0 Å². The van der Waals surface area contributed by atoms with Crippen LogP contribution < -0.4 is 0 Å². The second kappa shape index (κ2) is 3.49. The maximum Gasteiger partial charge on any atom is 0.213 e. The van der Waals surface area contributed by atoms with Crippen molar-refractivity contribution >= 4 is 0 Å². The first kappa shape index (κ1) is 8.93. The molecule has 4 nitrogen and oxygen atoms in total. The fraction of sp³-hybridized carbons (Fsp3) is 1.00. The summed E-state index contributed by atoms with van der Waals surface area (Å²) in [6.45, 7) is -0.120. The summed E-state index contributed by atoms with van der Waals surface area (Å²) < 4.78 is 5.07. The maximum atomic E-state index is 9.13. The summed E-state index contributed by atoms with van der Waals surface area (Å²) in [6.07, 6.45) is 1.86. The van der Waals surface area contributed by atoms with E-state index in [0.717, 1.165) is 12.8 Å². The van der Waals surface area contributed by atoms with Gasteiger partial charge in [-0.1, -0.05) is 0 Å². The molecular weight excluding hydrogens is 148 g/mol. The number of aliphatic hydroxyl groups is 3. The quantitative estimate of drug-likeness (QED) is 0.466. The SMILES string of the molecule is OCC(O)(O)C1CCCCO1. The highest BCUT2D eigenvalue weighted by Crippen LogP contribution is 2.20. The standard InChI is InChI=1S/C7H14O4/c8-5-7(9,10)6-3-1-2-4-11-6/h6,8-10H,1-5H2. The summed E-state index contributed by atoms with van der Waals surface area (Å²) in [5.41, 5.74) is 0. The average Bonchev–Trinajstić information content (AvgIpc) is 2.06. The van der Waals surface area contributed by atoms with E-state index < -0.39 is 18.5 Å². The molecule has 1 aliphatic rings. The molecule has 11 heavy (non-hydrogen) atoms. The Bertz CT molecular complexity index is 118. The summed E-state index contributed by atoms with van der Waals surface area (Å²) in [6, 6.07) is 0. The van der Waals surface area contributed by atoms with Crippen LogP contribution >= 0.6 is 0 Å². The van der Waals surface area contributed by atoms with Crippen molar-refractivity contribution in [2.75, 3.05) is 13.2 Å². The maximum absolute atomic E-state index is 9.13. The molecule has 0 bridgehead atoms. The normalized spacial score (nSPS) is 27.0. The molecule has 0 aromatic carbocycles. The lowest BCUT2D eigenvalue weighted by molar-refractivity contribution is -0.262. The molecule has 66 valence electrons. The Balaban J connectivity index is 2.43. The topological polar surface area (TPSA) is 69.9 Å². The van der Waals surface area contributed by atoms with Crippen LogP contribution in [0.3, 0.4) is 0 Å². The molecule has 0 aromatic rings. The van der Waals surface area contributed by atoms with E-state index in [-0.39, 0.29) is 0 Å². The lowest BCUT2D eigenvalue weighted by Gasteiger charge is -2.32. The molecule has 1 atom stereocenters. The van der Waals surface area contributed by atoms with Gasteiger partial charge in [0.25, 0.3) is 0 Å². The summed E-state index contributed by atoms with van der Waals surface area (Å²) in [5.74, 6) is -2.06. The Labute approximate surface area is 65.4 Å². The van der Waals surface area contributed by atoms with E-state index in [0.29, 0.717) is 13.0 Å². The molecule has 1 rings (SSSR count). The van der Waals surface area contributed by atoms with Crippen molar-refractivity contribution in [1.29, 1.82) is 0 Å². The number of ether oxygens (including phenoxy) is 1. The molecule has 4 heteroatoms. The number of hydrogen-bond acceptors (Lipinski definition) is 4. The van der Waals surface area contributed by atoms with Gasteiger partial charge in [-0.3, -0.25) is 0 Å². The zero-order valence-electron chi connectivity index (χ0n) is 6.36. The van der Waals surface area contributed by atoms with Crippen molar-refractivity contribution in [3.8, 4) is 0 Å². The van der Waals surface area contributed by atoms with E-state index in [9.17, 15) is 0 Å². The minimum atomic E-state index is -2.06. The van der Waals surface area contributed by atoms with Crippen LogP contribution in [0.1, 0.15) is 19.3 Å². The molecule has 0 amide bonds. The van der Waals surface area contributed by atoms with Gasteiger partial charge in [-0.15, -0.1) is 0 Å². The first-order chi connectivity index (χ1) is 5.17. The highest BCUT2D eigenvalue weighted by Gasteiger charge is 2.35. The fourth-order valence-corrected chi connectivity index (χ4v) is 1.21. The highest BCUT2D eigenvalue weighted by atomic mass is 16.6. The van der Waals surface area contributed by atoms with Crippen LogP contribution in [-0.2, 0) is 4.74 Å². The Kier molecular flexibility index (Phi) is 2.84. The molecule has 1 aliphatic heterocycles. The number of aliphatic hydroxyl groups excluding tert-OH is 1. The second-order valence-electron chi connectivity index (χ2n) is 2.89. The number of hydrogen-bond donors (Lipinski definition) is 3. The second-order valence-corrected chi connectivity index (χ2v) is 2.89. The zero-order chi connectivity index (χ0) is 8.32. The van der Waals surface area contributed by atoms with Crippen LogP contribution in [0.25, 0.3) is 0 Å². The highest BCUT2D eigenvalue weighted by molar-refractivity contribution is 4.77. The molecular formula is C7H14O4. The zero-order valence-corrected chi connectivity index (χ0v) is 6.36. The molecule has 0 aliphatic carbocycles. The van der Waals surface area contributed by atoms with E-state index >= 15 is 0 Å². The van der Waals surface area contributed by atoms with Gasteiger partial charge in [-0.25, -0.2) is 0 Å². The van der Waals surface area contributed by atoms with Crippen molar-refractivity contribution in [2.24, 2.45) is 0 Å². The molecule has 0 saturated carbocycles. The first-order valence-electron chi connectivity index (χ1n) is 3.84. The summed E-state index contributed by atoms with van der Waals surface area (Å²) in [7, 11) is 0. The Hall–Kier alpha value is -0.160. The van der Waals surface area contributed by atoms with Gasteiger partial charge in [-0.05, 0) is 19.3 Å². The number of rotatable bonds is 2. The van der Waals surface area contributed by atoms with Gasteiger partial charge in [0, 0.05) is 6.61 Å². The monoisotopic (exact) mass is 162 g/mol. The third-order valence-corrected chi connectivity index (χ3v) is 1.93. The van der Waals surface area contributed by atoms with Gasteiger partial charge in [0.1, 0.15) is 6.10 Å². The van der Waals surface area contributed by atoms with Gasteiger partial charge < -0.3 is 20.1 Å². The van der Waals surface area contributed by atoms with E-state index in [4.69, 9.17) is 20.1 Å². The fourth-order valence-electron chi connectivity index (χ4n) is 1.21. The minimum Gasteiger partial charge on any atom is -0.391 e. The average molecular weight is 162 g/mol. The Morgan fingerprint density at radius 3 is 2.55 bits per heavy atom. The van der Waals surface area contributed by atoms with E-state index in [2.05, 4.69) is 0 Å². The molecule has 1 heterocycles. The molecule has 3 N–H and O–H groups in total. The predicted octanol–water partition coefficient (Wildman–Crippen LogP) is -0.771. The lowest BCUT2D eigenvalue weighted by atomic mass is 10.0. The van der Waals surface area contributed by atoms with Gasteiger partial charge in [-0.2, -0.15) is 0 Å². The smallest absolute Gasteiger partial charge is 0.213 e. The van der Waals surface area contributed by atoms with Gasteiger partial charge in [0.15, 0.2) is 0 Å². The third-order valence-electron chi connectivity index (χ3n) is 1.93. The Morgan fingerprint density at radius 1 is 1.36 bits per heavy atom. The van der Waals surface area contributed by atoms with Gasteiger partial charge in [0.05, 0.1) is 6.61 Å². The summed E-state index contributed by atoms with van der Waals surface area (Å²) in [5, 5.41) is 26.8. The van der Waals surface area contributed by atoms with Crippen molar-refractivity contribution < 1.29 is 20.1 Å². The van der Waals surface area contributed by atoms with Gasteiger partial charge in [0.2, 0.25) is 5.79 Å². The van der Waals surface area contributed by atoms with Crippen LogP contribution in [-0.4, -0.2) is 40.4 Å². The molecule has 1 saturated heterocycles. The Morgan fingerprint density at radius 2 is 2.09 bits per heavy atom. The molecule has 0 radical (unpaired) electrons. The van der Waals surface area contributed by atoms with Gasteiger partial charge >= 0.3 is 0 Å². The molecule has 1 fully saturated rings. The van der Waals surface area contributed by atoms with Crippen molar-refractivity contribution in [3.63, 3.8) is 0 Å². The molecule has 0 spiro atoms. The third kappa shape index (κ3) is 2.13. The van der Waals surface area contributed by atoms with E-state index in [1.54, 1.807) is 0 Å². The predicted molar refractivity (Wildman–Crippen MR) is 37.8 cm³/mol. The van der Waals surface area contributed by atoms with Crippen LogP contribution in [0.5, 0.6) is 0 Å². The van der Waals surface area contributed by atoms with Crippen LogP contribution in [0, 0.1) is 0 Å². The van der Waals surface area contributed by atoms with Crippen molar-refractivity contribution in [1.82, 2.24) is 0 Å². The summed E-state index contributed by atoms with van der Waals surface area (Å²) in [4.78, 5) is 0. The van der Waals surface area contributed by atoms with Crippen LogP contribution in [0.15, 0.2) is 0 Å². The minimum absolute atomic E-state index is 0.549. The first-order valence-corrected chi connectivity index (χ1v) is 3.84. The van der Waals surface area contributed by atoms with Crippen LogP contribution in [0.2, 0.25) is 0 Å². The molecule has 0 aromatic heterocycles. The van der Waals surface area contributed by atoms with Crippen LogP contribution in [0.4, 0.5) is 0 Å².